The van der Waals surface area contributed by atoms with Crippen LogP contribution in [0.1, 0.15) is 36.0 Å². The summed E-state index contributed by atoms with van der Waals surface area (Å²) in [6.07, 6.45) is 4.23. The van der Waals surface area contributed by atoms with Gasteiger partial charge in [-0.2, -0.15) is 4.31 Å². The van der Waals surface area contributed by atoms with Crippen LogP contribution in [0.4, 0.5) is 5.69 Å². The van der Waals surface area contributed by atoms with Crippen molar-refractivity contribution < 1.29 is 23.0 Å². The first-order valence-corrected chi connectivity index (χ1v) is 14.6. The number of nitrogens with zero attached hydrogens (tertiary/aromatic N) is 3. The summed E-state index contributed by atoms with van der Waals surface area (Å²) < 4.78 is 40.2. The molecule has 3 heterocycles. The number of benzene rings is 3. The zero-order valence-corrected chi connectivity index (χ0v) is 22.9. The van der Waals surface area contributed by atoms with Crippen molar-refractivity contribution in [2.24, 2.45) is 4.99 Å². The molecule has 40 heavy (non-hydrogen) atoms. The Kier molecular flexibility index (Phi) is 6.81. The van der Waals surface area contributed by atoms with E-state index in [-0.39, 0.29) is 29.7 Å². The van der Waals surface area contributed by atoms with Gasteiger partial charge in [0.05, 0.1) is 22.7 Å². The van der Waals surface area contributed by atoms with Crippen LogP contribution in [0.25, 0.3) is 10.8 Å². The monoisotopic (exact) mass is 559 g/mol. The van der Waals surface area contributed by atoms with Crippen LogP contribution in [0.15, 0.2) is 75.3 Å². The number of hydrogen-bond acceptors (Lipinski definition) is 7. The largest absolute Gasteiger partial charge is 0.494 e. The van der Waals surface area contributed by atoms with Crippen LogP contribution < -0.4 is 15.0 Å². The maximum Gasteiger partial charge on any atom is 0.261 e. The fourth-order valence-electron chi connectivity index (χ4n) is 5.18. The van der Waals surface area contributed by atoms with E-state index in [1.807, 2.05) is 13.0 Å². The van der Waals surface area contributed by atoms with Crippen molar-refractivity contribution in [3.05, 3.63) is 87.7 Å². The summed E-state index contributed by atoms with van der Waals surface area (Å²) in [5.74, 6) is 0.980. The number of sulfonamides is 1. The van der Waals surface area contributed by atoms with Crippen molar-refractivity contribution >= 4 is 32.7 Å². The molecule has 0 spiro atoms. The van der Waals surface area contributed by atoms with E-state index in [9.17, 15) is 18.3 Å². The van der Waals surface area contributed by atoms with Gasteiger partial charge >= 0.3 is 0 Å². The van der Waals surface area contributed by atoms with Crippen LogP contribution in [0.3, 0.4) is 0 Å². The lowest BCUT2D eigenvalue weighted by Crippen LogP contribution is -2.35. The topological polar surface area (TPSA) is 110 Å². The van der Waals surface area contributed by atoms with Crippen molar-refractivity contribution in [2.75, 3.05) is 19.9 Å². The standard InChI is InChI=1S/C30H29N3O6S/c1-20-9-11-22(40(36,37)32-13-5-2-6-14-32)16-26(20)31-17-25-23-7-3-4-8-24(23)29(34)33(30(25)35)18-21-10-12-27-28(15-21)39-19-38-27/h3-4,7-12,15-17,35H,2,5-6,13-14,18-19H2,1H3. The second kappa shape index (κ2) is 10.4. The molecule has 2 aliphatic heterocycles. The third kappa shape index (κ3) is 4.73. The van der Waals surface area contributed by atoms with Crippen LogP contribution in [0, 0.1) is 6.92 Å². The van der Waals surface area contributed by atoms with Crippen LogP contribution >= 0.6 is 0 Å². The van der Waals surface area contributed by atoms with Gasteiger partial charge in [-0.15, -0.1) is 0 Å². The van der Waals surface area contributed by atoms with E-state index in [1.165, 1.54) is 15.1 Å². The molecule has 2 aliphatic rings. The average Bonchev–Trinajstić information content (AvgIpc) is 3.44. The molecule has 0 amide bonds. The molecule has 0 aliphatic carbocycles. The molecule has 1 N–H and O–H groups in total. The third-order valence-corrected chi connectivity index (χ3v) is 9.33. The Labute approximate surface area is 232 Å². The molecule has 0 radical (unpaired) electrons. The average molecular weight is 560 g/mol. The van der Waals surface area contributed by atoms with Gasteiger partial charge in [0.1, 0.15) is 0 Å². The SMILES string of the molecule is Cc1ccc(S(=O)(=O)N2CCCCC2)cc1N=Cc1c(O)n(Cc2ccc3c(c2)OCO3)c(=O)c2ccccc12. The van der Waals surface area contributed by atoms with Gasteiger partial charge in [0.15, 0.2) is 11.5 Å². The van der Waals surface area contributed by atoms with Gasteiger partial charge in [0.2, 0.25) is 22.7 Å². The maximum absolute atomic E-state index is 13.4. The molecule has 6 rings (SSSR count). The van der Waals surface area contributed by atoms with Crippen molar-refractivity contribution in [3.8, 4) is 17.4 Å². The summed E-state index contributed by atoms with van der Waals surface area (Å²) >= 11 is 0. The number of aromatic nitrogens is 1. The summed E-state index contributed by atoms with van der Waals surface area (Å²) in [6.45, 7) is 3.12. The van der Waals surface area contributed by atoms with E-state index in [0.29, 0.717) is 46.6 Å². The molecule has 4 aromatic rings. The van der Waals surface area contributed by atoms with Gasteiger partial charge in [-0.1, -0.05) is 36.8 Å². The van der Waals surface area contributed by atoms with Crippen molar-refractivity contribution in [3.63, 3.8) is 0 Å². The molecule has 10 heteroatoms. The molecular weight excluding hydrogens is 530 g/mol. The molecule has 0 unspecified atom stereocenters. The Balaban J connectivity index is 1.40. The summed E-state index contributed by atoms with van der Waals surface area (Å²) in [5, 5.41) is 12.3. The number of aliphatic imine (C=N–C) groups is 1. The zero-order chi connectivity index (χ0) is 27.9. The predicted octanol–water partition coefficient (Wildman–Crippen LogP) is 4.72. The first-order chi connectivity index (χ1) is 19.3. The molecule has 0 saturated carbocycles. The molecule has 206 valence electrons. The molecule has 1 saturated heterocycles. The highest BCUT2D eigenvalue weighted by atomic mass is 32.2. The Morgan fingerprint density at radius 1 is 0.950 bits per heavy atom. The lowest BCUT2D eigenvalue weighted by Gasteiger charge is -2.26. The van der Waals surface area contributed by atoms with Gasteiger partial charge in [-0.3, -0.25) is 14.4 Å². The van der Waals surface area contributed by atoms with E-state index < -0.39 is 10.0 Å². The minimum absolute atomic E-state index is 0.107. The Bertz CT molecular complexity index is 1810. The zero-order valence-electron chi connectivity index (χ0n) is 22.0. The van der Waals surface area contributed by atoms with Crippen molar-refractivity contribution in [2.45, 2.75) is 37.6 Å². The van der Waals surface area contributed by atoms with Crippen LogP contribution in [-0.2, 0) is 16.6 Å². The lowest BCUT2D eigenvalue weighted by molar-refractivity contribution is 0.174. The maximum atomic E-state index is 13.4. The van der Waals surface area contributed by atoms with E-state index in [1.54, 1.807) is 54.6 Å². The quantitative estimate of drug-likeness (QED) is 0.343. The minimum atomic E-state index is -3.63. The first kappa shape index (κ1) is 26.1. The number of ether oxygens (including phenoxy) is 2. The third-order valence-electron chi connectivity index (χ3n) is 7.43. The Hall–Kier alpha value is -4.15. The van der Waals surface area contributed by atoms with Gasteiger partial charge in [-0.25, -0.2) is 8.42 Å². The summed E-state index contributed by atoms with van der Waals surface area (Å²) in [7, 11) is -3.63. The molecular formula is C30H29N3O6S. The Morgan fingerprint density at radius 2 is 1.70 bits per heavy atom. The molecule has 1 aromatic heterocycles. The second-order valence-corrected chi connectivity index (χ2v) is 12.0. The van der Waals surface area contributed by atoms with Crippen LogP contribution in [-0.4, -0.2) is 48.5 Å². The normalized spacial score (nSPS) is 15.7. The number of fused-ring (bicyclic) bond motifs is 2. The number of hydrogen-bond donors (Lipinski definition) is 1. The Morgan fingerprint density at radius 3 is 2.50 bits per heavy atom. The number of aryl methyl sites for hydroxylation is 1. The minimum Gasteiger partial charge on any atom is -0.494 e. The van der Waals surface area contributed by atoms with Gasteiger partial charge in [0, 0.05) is 30.1 Å². The predicted molar refractivity (Wildman–Crippen MR) is 153 cm³/mol. The molecule has 9 nitrogen and oxygen atoms in total. The second-order valence-electron chi connectivity index (χ2n) is 10.0. The number of pyridine rings is 1. The highest BCUT2D eigenvalue weighted by Gasteiger charge is 2.26. The molecule has 0 atom stereocenters. The van der Waals surface area contributed by atoms with Crippen LogP contribution in [0.2, 0.25) is 0 Å². The highest BCUT2D eigenvalue weighted by Crippen LogP contribution is 2.33. The van der Waals surface area contributed by atoms with E-state index in [2.05, 4.69) is 4.99 Å². The number of aromatic hydroxyl groups is 1. The molecule has 0 bridgehead atoms. The molecule has 3 aromatic carbocycles. The smallest absolute Gasteiger partial charge is 0.261 e. The van der Waals surface area contributed by atoms with Crippen LogP contribution in [0.5, 0.6) is 17.4 Å². The van der Waals surface area contributed by atoms with E-state index in [4.69, 9.17) is 9.47 Å². The summed E-state index contributed by atoms with van der Waals surface area (Å²) in [6, 6.07) is 17.3. The number of rotatable bonds is 6. The van der Waals surface area contributed by atoms with E-state index in [0.717, 1.165) is 30.4 Å². The molecule has 1 fully saturated rings. The first-order valence-electron chi connectivity index (χ1n) is 13.2. The van der Waals surface area contributed by atoms with Crippen molar-refractivity contribution in [1.29, 1.82) is 0 Å². The van der Waals surface area contributed by atoms with Gasteiger partial charge < -0.3 is 14.6 Å². The van der Waals surface area contributed by atoms with Gasteiger partial charge in [-0.05, 0) is 61.2 Å². The van der Waals surface area contributed by atoms with E-state index >= 15 is 0 Å². The fraction of sp³-hybridized carbons (Fsp3) is 0.267. The summed E-state index contributed by atoms with van der Waals surface area (Å²) in [5.41, 5.74) is 2.03. The lowest BCUT2D eigenvalue weighted by atomic mass is 10.1. The summed E-state index contributed by atoms with van der Waals surface area (Å²) in [4.78, 5) is 18.2. The van der Waals surface area contributed by atoms with Crippen molar-refractivity contribution in [1.82, 2.24) is 8.87 Å². The number of piperidine rings is 1. The van der Waals surface area contributed by atoms with Gasteiger partial charge in [0.25, 0.3) is 5.56 Å². The highest BCUT2D eigenvalue weighted by molar-refractivity contribution is 7.89. The fourth-order valence-corrected chi connectivity index (χ4v) is 6.72.